The van der Waals surface area contributed by atoms with Crippen LogP contribution in [0.5, 0.6) is 0 Å². The van der Waals surface area contributed by atoms with Gasteiger partial charge in [0.1, 0.15) is 0 Å². The number of benzene rings is 18. The van der Waals surface area contributed by atoms with Crippen molar-refractivity contribution in [1.82, 2.24) is 0 Å². The second-order valence-corrected chi connectivity index (χ2v) is 22.5. The largest absolute Gasteiger partial charge is 0.289 e. The first-order chi connectivity index (χ1) is 40.5. The lowest BCUT2D eigenvalue weighted by Gasteiger charge is -2.15. The number of carbonyl (C=O) groups excluding carboxylic acids is 2. The van der Waals surface area contributed by atoms with E-state index in [1.54, 1.807) is 18.2 Å². The Morgan fingerprint density at radius 1 is 0.220 bits per heavy atom. The van der Waals surface area contributed by atoms with E-state index in [-0.39, 0.29) is 11.6 Å². The van der Waals surface area contributed by atoms with Crippen molar-refractivity contribution < 1.29 is 9.59 Å². The normalized spacial score (nSPS) is 12.1. The molecule has 18 aromatic carbocycles. The number of hydrogen-bond acceptors (Lipinski definition) is 2. The zero-order valence-electron chi connectivity index (χ0n) is 44.6. The molecule has 0 unspecified atom stereocenters. The maximum absolute atomic E-state index is 14.0. The van der Waals surface area contributed by atoms with Gasteiger partial charge in [-0.15, -0.1) is 0 Å². The van der Waals surface area contributed by atoms with Gasteiger partial charge in [-0.25, -0.2) is 0 Å². The van der Waals surface area contributed by atoms with Gasteiger partial charge < -0.3 is 0 Å². The summed E-state index contributed by atoms with van der Waals surface area (Å²) < 4.78 is 0. The van der Waals surface area contributed by atoms with Crippen molar-refractivity contribution in [3.05, 3.63) is 311 Å². The molecule has 0 amide bonds. The number of rotatable bonds is 8. The van der Waals surface area contributed by atoms with Crippen molar-refractivity contribution in [2.75, 3.05) is 0 Å². The Balaban J connectivity index is 0.000000130. The molecule has 82 heavy (non-hydrogen) atoms. The summed E-state index contributed by atoms with van der Waals surface area (Å²) in [5.74, 6) is -0.170. The summed E-state index contributed by atoms with van der Waals surface area (Å²) in [5, 5.41) is 29.6. The predicted octanol–water partition coefficient (Wildman–Crippen LogP) is 20.6. The highest BCUT2D eigenvalue weighted by atomic mass is 16.1. The van der Waals surface area contributed by atoms with Gasteiger partial charge in [0, 0.05) is 22.3 Å². The molecule has 0 spiro atoms. The minimum absolute atomic E-state index is 0.0852. The van der Waals surface area contributed by atoms with Crippen LogP contribution in [0.25, 0.3) is 129 Å². The van der Waals surface area contributed by atoms with Crippen LogP contribution >= 0.6 is 0 Å². The van der Waals surface area contributed by atoms with E-state index in [1.165, 1.54) is 97.7 Å². The topological polar surface area (TPSA) is 34.1 Å². The van der Waals surface area contributed by atoms with Crippen LogP contribution in [0.2, 0.25) is 0 Å². The summed E-state index contributed by atoms with van der Waals surface area (Å²) in [5.41, 5.74) is 7.83. The summed E-state index contributed by atoms with van der Waals surface area (Å²) in [4.78, 5) is 28.1. The van der Waals surface area contributed by atoms with Crippen LogP contribution in [0, 0.1) is 0 Å². The van der Waals surface area contributed by atoms with Crippen molar-refractivity contribution in [3.8, 4) is 0 Å². The first-order valence-corrected chi connectivity index (χ1v) is 28.4. The third kappa shape index (κ3) is 7.14. The summed E-state index contributed by atoms with van der Waals surface area (Å²) in [6.07, 6.45) is 1.86. The fourth-order valence-electron chi connectivity index (χ4n) is 14.2. The van der Waals surface area contributed by atoms with E-state index < -0.39 is 0 Å². The van der Waals surface area contributed by atoms with E-state index in [0.717, 1.165) is 66.7 Å². The summed E-state index contributed by atoms with van der Waals surface area (Å²) in [6, 6.07) is 94.5. The monoisotopic (exact) mass is 1040 g/mol. The van der Waals surface area contributed by atoms with E-state index in [1.807, 2.05) is 30.3 Å². The molecule has 0 heterocycles. The lowest BCUT2D eigenvalue weighted by Crippen LogP contribution is -2.07. The minimum atomic E-state index is -0.0852. The first-order valence-electron chi connectivity index (χ1n) is 28.4. The highest BCUT2D eigenvalue weighted by molar-refractivity contribution is 6.31. The van der Waals surface area contributed by atoms with Gasteiger partial charge in [-0.05, 0) is 183 Å². The molecule has 0 bridgehead atoms. The number of carbonyl (C=O) groups is 2. The molecule has 0 aromatic heterocycles. The van der Waals surface area contributed by atoms with Crippen LogP contribution in [0.4, 0.5) is 0 Å². The lowest BCUT2D eigenvalue weighted by atomic mass is 9.88. The molecule has 0 saturated heterocycles. The fourth-order valence-corrected chi connectivity index (χ4v) is 14.2. The van der Waals surface area contributed by atoms with Gasteiger partial charge >= 0.3 is 0 Å². The Bertz CT molecular complexity index is 5220. The van der Waals surface area contributed by atoms with Crippen LogP contribution in [-0.4, -0.2) is 11.6 Å². The molecule has 0 fully saturated rings. The molecule has 0 atom stereocenters. The summed E-state index contributed by atoms with van der Waals surface area (Å²) in [6.45, 7) is 0. The van der Waals surface area contributed by atoms with Gasteiger partial charge in [-0.1, -0.05) is 249 Å². The molecule has 2 heteroatoms. The molecule has 0 N–H and O–H groups in total. The summed E-state index contributed by atoms with van der Waals surface area (Å²) >= 11 is 0. The molecule has 380 valence electrons. The van der Waals surface area contributed by atoms with Crippen molar-refractivity contribution in [2.45, 2.75) is 12.8 Å². The molecule has 2 nitrogen and oxygen atoms in total. The maximum Gasteiger partial charge on any atom is 0.193 e. The standard InChI is InChI=1S/C40H22O2.C40H26/c41-39(33-20-16-27-12-10-23-4-1-6-25-14-18-31(33)37(27)35(23)25)29-8-3-9-30(22-29)40(42)34-21-17-28-13-11-24-5-2-7-26-15-19-32(34)38(28)36(24)26;1-4-25(23-33-16-14-31-12-10-27-6-2-8-29-18-20-35(33)39(31)37(27)29)22-26(5-1)24-34-17-15-32-13-11-28-7-3-9-30-19-21-36(34)40(32)38(28)30/h1-22H;1-22H,23-24H2. The Morgan fingerprint density at radius 3 is 0.829 bits per heavy atom. The predicted molar refractivity (Wildman–Crippen MR) is 346 cm³/mol. The van der Waals surface area contributed by atoms with Gasteiger partial charge in [0.15, 0.2) is 11.6 Å². The third-order valence-electron chi connectivity index (χ3n) is 18.0. The van der Waals surface area contributed by atoms with Crippen LogP contribution in [-0.2, 0) is 12.8 Å². The van der Waals surface area contributed by atoms with Gasteiger partial charge in [0.25, 0.3) is 0 Å². The second kappa shape index (κ2) is 18.0. The van der Waals surface area contributed by atoms with Crippen LogP contribution < -0.4 is 0 Å². The van der Waals surface area contributed by atoms with E-state index >= 15 is 0 Å². The van der Waals surface area contributed by atoms with E-state index in [9.17, 15) is 9.59 Å². The van der Waals surface area contributed by atoms with Gasteiger partial charge in [0.2, 0.25) is 0 Å². The van der Waals surface area contributed by atoms with E-state index in [4.69, 9.17) is 0 Å². The van der Waals surface area contributed by atoms with Crippen LogP contribution in [0.3, 0.4) is 0 Å². The highest BCUT2D eigenvalue weighted by Crippen LogP contribution is 2.41. The van der Waals surface area contributed by atoms with E-state index in [0.29, 0.717) is 22.3 Å². The Kier molecular flexibility index (Phi) is 10.2. The Labute approximate surface area is 472 Å². The molecule has 0 radical (unpaired) electrons. The number of ketones is 2. The highest BCUT2D eigenvalue weighted by Gasteiger charge is 2.21. The maximum atomic E-state index is 14.0. The molecule has 18 aromatic rings. The first kappa shape index (κ1) is 46.4. The fraction of sp³-hybridized carbons (Fsp3) is 0.0250. The molecule has 0 aliphatic carbocycles. The van der Waals surface area contributed by atoms with Gasteiger partial charge in [-0.2, -0.15) is 0 Å². The van der Waals surface area contributed by atoms with Crippen molar-refractivity contribution >= 4 is 141 Å². The molecule has 0 aliphatic rings. The Morgan fingerprint density at radius 2 is 0.476 bits per heavy atom. The van der Waals surface area contributed by atoms with Crippen molar-refractivity contribution in [2.24, 2.45) is 0 Å². The SMILES string of the molecule is O=C(c1cccc(C(=O)c2ccc3ccc4cccc5ccc2c3c45)c1)c1ccc2ccc3cccc4ccc1c2c34.c1cc(Cc2ccc3ccc4cccc5ccc2c3c45)cc(Cc2ccc3ccc4cccc5ccc2c3c45)c1. The molecule has 18 rings (SSSR count). The second-order valence-electron chi connectivity index (χ2n) is 22.5. The van der Waals surface area contributed by atoms with Gasteiger partial charge in [0.05, 0.1) is 0 Å². The van der Waals surface area contributed by atoms with Crippen molar-refractivity contribution in [1.29, 1.82) is 0 Å². The zero-order valence-corrected chi connectivity index (χ0v) is 44.6. The smallest absolute Gasteiger partial charge is 0.193 e. The average Bonchev–Trinajstić information content (AvgIpc) is 3.64. The van der Waals surface area contributed by atoms with Crippen LogP contribution in [0.15, 0.2) is 267 Å². The molecule has 0 saturated carbocycles. The Hall–Kier alpha value is -10.5. The molecular weight excluding hydrogens is 993 g/mol. The quantitative estimate of drug-likeness (QED) is 0.112. The minimum Gasteiger partial charge on any atom is -0.289 e. The lowest BCUT2D eigenvalue weighted by molar-refractivity contribution is 0.103. The summed E-state index contributed by atoms with van der Waals surface area (Å²) in [7, 11) is 0. The molecule has 0 aliphatic heterocycles. The molecular formula is C80H48O2. The van der Waals surface area contributed by atoms with E-state index in [2.05, 4.69) is 218 Å². The van der Waals surface area contributed by atoms with Crippen molar-refractivity contribution in [3.63, 3.8) is 0 Å². The average molecular weight is 1040 g/mol. The third-order valence-corrected chi connectivity index (χ3v) is 18.0. The zero-order chi connectivity index (χ0) is 54.2. The number of hydrogen-bond donors (Lipinski definition) is 0. The van der Waals surface area contributed by atoms with Crippen LogP contribution in [0.1, 0.15) is 54.1 Å². The van der Waals surface area contributed by atoms with Gasteiger partial charge in [-0.3, -0.25) is 9.59 Å².